The summed E-state index contributed by atoms with van der Waals surface area (Å²) in [5.74, 6) is -0.689. The molecule has 2 aromatic rings. The Labute approximate surface area is 86.6 Å². The molecule has 0 aliphatic rings. The van der Waals surface area contributed by atoms with Gasteiger partial charge in [-0.05, 0) is 17.0 Å². The molecular weight excluding hydrogens is 192 g/mol. The number of hydrogen-bond donors (Lipinski definition) is 2. The summed E-state index contributed by atoms with van der Waals surface area (Å²) < 4.78 is 0. The van der Waals surface area contributed by atoms with Gasteiger partial charge in [0, 0.05) is 5.39 Å². The summed E-state index contributed by atoms with van der Waals surface area (Å²) in [6.07, 6.45) is -0.0270. The molecule has 0 bridgehead atoms. The van der Waals surface area contributed by atoms with Crippen molar-refractivity contribution >= 4 is 16.7 Å². The Bertz CT molecular complexity index is 517. The maximum absolute atomic E-state index is 10.6. The van der Waals surface area contributed by atoms with Crippen molar-refractivity contribution in [3.05, 3.63) is 42.0 Å². The number of aromatic hydroxyl groups is 1. The summed E-state index contributed by atoms with van der Waals surface area (Å²) in [6.45, 7) is 0. The smallest absolute Gasteiger partial charge is 0.307 e. The first-order chi connectivity index (χ1) is 7.18. The molecule has 3 nitrogen and oxygen atoms in total. The summed E-state index contributed by atoms with van der Waals surface area (Å²) in [5.41, 5.74) is 0.718. The third kappa shape index (κ3) is 1.76. The standard InChI is InChI=1S/C12H10O3/c13-11-6-2-4-9-8(7-12(14)15)3-1-5-10(9)11/h1-6,13H,7H2,(H,14,15). The fraction of sp³-hybridized carbons (Fsp3) is 0.0833. The lowest BCUT2D eigenvalue weighted by molar-refractivity contribution is -0.136. The molecule has 0 aromatic heterocycles. The van der Waals surface area contributed by atoms with Crippen LogP contribution >= 0.6 is 0 Å². The van der Waals surface area contributed by atoms with Gasteiger partial charge in [0.1, 0.15) is 5.75 Å². The van der Waals surface area contributed by atoms with Crippen LogP contribution < -0.4 is 0 Å². The molecule has 2 rings (SSSR count). The van der Waals surface area contributed by atoms with Gasteiger partial charge in [0.25, 0.3) is 0 Å². The Kier molecular flexibility index (Phi) is 2.29. The Balaban J connectivity index is 2.65. The summed E-state index contributed by atoms with van der Waals surface area (Å²) in [5, 5.41) is 19.8. The van der Waals surface area contributed by atoms with Crippen LogP contribution in [0.15, 0.2) is 36.4 Å². The Morgan fingerprint density at radius 1 is 1.07 bits per heavy atom. The van der Waals surface area contributed by atoms with Gasteiger partial charge in [-0.15, -0.1) is 0 Å². The predicted molar refractivity (Wildman–Crippen MR) is 57.0 cm³/mol. The van der Waals surface area contributed by atoms with Crippen LogP contribution in [0.4, 0.5) is 0 Å². The van der Waals surface area contributed by atoms with E-state index in [0.29, 0.717) is 5.39 Å². The van der Waals surface area contributed by atoms with Crippen LogP contribution in [0.1, 0.15) is 5.56 Å². The molecule has 0 aliphatic carbocycles. The van der Waals surface area contributed by atoms with Gasteiger partial charge in [-0.25, -0.2) is 0 Å². The SMILES string of the molecule is O=C(O)Cc1cccc2c(O)cccc12. The summed E-state index contributed by atoms with van der Waals surface area (Å²) >= 11 is 0. The first-order valence-electron chi connectivity index (χ1n) is 4.60. The molecule has 0 aliphatic heterocycles. The van der Waals surface area contributed by atoms with Crippen molar-refractivity contribution in [3.8, 4) is 5.75 Å². The number of carboxylic acid groups (broad SMARTS) is 1. The topological polar surface area (TPSA) is 57.5 Å². The molecule has 76 valence electrons. The fourth-order valence-corrected chi connectivity index (χ4v) is 1.68. The van der Waals surface area contributed by atoms with Crippen LogP contribution in [0.25, 0.3) is 10.8 Å². The second kappa shape index (κ2) is 3.61. The number of rotatable bonds is 2. The molecule has 0 amide bonds. The van der Waals surface area contributed by atoms with Crippen LogP contribution in [0.2, 0.25) is 0 Å². The number of phenols is 1. The molecule has 2 N–H and O–H groups in total. The zero-order valence-corrected chi connectivity index (χ0v) is 7.97. The first kappa shape index (κ1) is 9.52. The highest BCUT2D eigenvalue weighted by Crippen LogP contribution is 2.26. The van der Waals surface area contributed by atoms with Crippen molar-refractivity contribution in [2.45, 2.75) is 6.42 Å². The highest BCUT2D eigenvalue weighted by molar-refractivity contribution is 5.92. The normalized spacial score (nSPS) is 10.4. The number of fused-ring (bicyclic) bond motifs is 1. The summed E-state index contributed by atoms with van der Waals surface area (Å²) in [6, 6.07) is 10.4. The third-order valence-corrected chi connectivity index (χ3v) is 2.33. The second-order valence-electron chi connectivity index (χ2n) is 3.36. The highest BCUT2D eigenvalue weighted by atomic mass is 16.4. The van der Waals surface area contributed by atoms with E-state index in [9.17, 15) is 9.90 Å². The fourth-order valence-electron chi connectivity index (χ4n) is 1.68. The van der Waals surface area contributed by atoms with E-state index in [-0.39, 0.29) is 12.2 Å². The van der Waals surface area contributed by atoms with Crippen molar-refractivity contribution < 1.29 is 15.0 Å². The second-order valence-corrected chi connectivity index (χ2v) is 3.36. The van der Waals surface area contributed by atoms with E-state index >= 15 is 0 Å². The first-order valence-corrected chi connectivity index (χ1v) is 4.60. The van der Waals surface area contributed by atoms with Crippen molar-refractivity contribution in [3.63, 3.8) is 0 Å². The monoisotopic (exact) mass is 202 g/mol. The molecule has 0 spiro atoms. The molecule has 2 aromatic carbocycles. The molecule has 0 radical (unpaired) electrons. The van der Waals surface area contributed by atoms with Crippen molar-refractivity contribution in [1.29, 1.82) is 0 Å². The van der Waals surface area contributed by atoms with Crippen LogP contribution in [-0.4, -0.2) is 16.2 Å². The third-order valence-electron chi connectivity index (χ3n) is 2.33. The number of benzene rings is 2. The van der Waals surface area contributed by atoms with E-state index < -0.39 is 5.97 Å². The van der Waals surface area contributed by atoms with Gasteiger partial charge in [-0.2, -0.15) is 0 Å². The van der Waals surface area contributed by atoms with Gasteiger partial charge >= 0.3 is 5.97 Å². The maximum atomic E-state index is 10.6. The van der Waals surface area contributed by atoms with Gasteiger partial charge in [0.2, 0.25) is 0 Å². The molecule has 0 heterocycles. The van der Waals surface area contributed by atoms with Gasteiger partial charge in [-0.1, -0.05) is 30.3 Å². The molecule has 0 saturated heterocycles. The van der Waals surface area contributed by atoms with Crippen LogP contribution in [0, 0.1) is 0 Å². The molecule has 0 fully saturated rings. The van der Waals surface area contributed by atoms with E-state index in [4.69, 9.17) is 5.11 Å². The quantitative estimate of drug-likeness (QED) is 0.784. The zero-order chi connectivity index (χ0) is 10.8. The largest absolute Gasteiger partial charge is 0.507 e. The molecule has 3 heteroatoms. The Morgan fingerprint density at radius 3 is 2.47 bits per heavy atom. The summed E-state index contributed by atoms with van der Waals surface area (Å²) in [7, 11) is 0. The van der Waals surface area contributed by atoms with Crippen LogP contribution in [-0.2, 0) is 11.2 Å². The molecule has 0 atom stereocenters. The van der Waals surface area contributed by atoms with Gasteiger partial charge in [0.05, 0.1) is 6.42 Å². The van der Waals surface area contributed by atoms with Crippen LogP contribution in [0.3, 0.4) is 0 Å². The zero-order valence-electron chi connectivity index (χ0n) is 7.97. The van der Waals surface area contributed by atoms with Crippen molar-refractivity contribution in [2.24, 2.45) is 0 Å². The van der Waals surface area contributed by atoms with E-state index in [2.05, 4.69) is 0 Å². The summed E-state index contributed by atoms with van der Waals surface area (Å²) in [4.78, 5) is 10.6. The maximum Gasteiger partial charge on any atom is 0.307 e. The predicted octanol–water partition coefficient (Wildman–Crippen LogP) is 2.17. The minimum absolute atomic E-state index is 0.0270. The number of phenolic OH excluding ortho intramolecular Hbond substituents is 1. The minimum atomic E-state index is -0.870. The number of carbonyl (C=O) groups is 1. The van der Waals surface area contributed by atoms with Gasteiger partial charge in [-0.3, -0.25) is 4.79 Å². The number of hydrogen-bond acceptors (Lipinski definition) is 2. The lowest BCUT2D eigenvalue weighted by atomic mass is 10.0. The van der Waals surface area contributed by atoms with E-state index in [1.807, 2.05) is 6.07 Å². The average Bonchev–Trinajstić information content (AvgIpc) is 2.19. The molecular formula is C12H10O3. The number of aliphatic carboxylic acids is 1. The number of carboxylic acids is 1. The van der Waals surface area contributed by atoms with E-state index in [1.165, 1.54) is 0 Å². The van der Waals surface area contributed by atoms with Gasteiger partial charge < -0.3 is 10.2 Å². The highest BCUT2D eigenvalue weighted by Gasteiger charge is 2.06. The van der Waals surface area contributed by atoms with E-state index in [0.717, 1.165) is 10.9 Å². The molecule has 0 saturated carbocycles. The molecule has 15 heavy (non-hydrogen) atoms. The minimum Gasteiger partial charge on any atom is -0.507 e. The molecule has 0 unspecified atom stereocenters. The van der Waals surface area contributed by atoms with Crippen molar-refractivity contribution in [2.75, 3.05) is 0 Å². The van der Waals surface area contributed by atoms with Gasteiger partial charge in [0.15, 0.2) is 0 Å². The Morgan fingerprint density at radius 2 is 1.73 bits per heavy atom. The van der Waals surface area contributed by atoms with Crippen LogP contribution in [0.5, 0.6) is 5.75 Å². The van der Waals surface area contributed by atoms with Crippen molar-refractivity contribution in [1.82, 2.24) is 0 Å². The lowest BCUT2D eigenvalue weighted by Gasteiger charge is -2.05. The average molecular weight is 202 g/mol. The lowest BCUT2D eigenvalue weighted by Crippen LogP contribution is -2.00. The Hall–Kier alpha value is -2.03. The van der Waals surface area contributed by atoms with E-state index in [1.54, 1.807) is 30.3 Å².